The quantitative estimate of drug-likeness (QED) is 0.226. The van der Waals surface area contributed by atoms with Crippen molar-refractivity contribution < 1.29 is 17.9 Å². The lowest BCUT2D eigenvalue weighted by molar-refractivity contribution is -0.137. The summed E-state index contributed by atoms with van der Waals surface area (Å²) in [5, 5.41) is 0.791. The molecular weight excluding hydrogens is 471 g/mol. The van der Waals surface area contributed by atoms with Crippen molar-refractivity contribution in [2.45, 2.75) is 36.8 Å². The van der Waals surface area contributed by atoms with E-state index in [1.165, 1.54) is 24.9 Å². The van der Waals surface area contributed by atoms with Crippen LogP contribution in [0.25, 0.3) is 10.9 Å². The van der Waals surface area contributed by atoms with Gasteiger partial charge in [-0.2, -0.15) is 13.2 Å². The Kier molecular flexibility index (Phi) is 8.78. The van der Waals surface area contributed by atoms with Crippen LogP contribution in [-0.4, -0.2) is 55.5 Å². The van der Waals surface area contributed by atoms with Crippen molar-refractivity contribution in [2.75, 3.05) is 50.5 Å². The number of thioether (sulfide) groups is 1. The number of rotatable bonds is 10. The van der Waals surface area contributed by atoms with Crippen LogP contribution in [-0.2, 0) is 6.18 Å². The summed E-state index contributed by atoms with van der Waals surface area (Å²) in [5.41, 5.74) is 1.00. The largest absolute Gasteiger partial charge is 0.497 e. The van der Waals surface area contributed by atoms with Gasteiger partial charge in [-0.05, 0) is 67.6 Å². The average Bonchev–Trinajstić information content (AvgIpc) is 2.88. The maximum atomic E-state index is 13.0. The SMILES string of the molecule is COc1ccc(N2CCN(CCCCCCSc3ccnc4cc(C(F)(F)F)ccc34)CC2)cc1. The van der Waals surface area contributed by atoms with Crippen LogP contribution in [0.3, 0.4) is 0 Å². The highest BCUT2D eigenvalue weighted by Crippen LogP contribution is 2.34. The molecule has 2 aromatic carbocycles. The van der Waals surface area contributed by atoms with Crippen LogP contribution in [0.15, 0.2) is 59.6 Å². The van der Waals surface area contributed by atoms with E-state index < -0.39 is 11.7 Å². The van der Waals surface area contributed by atoms with Gasteiger partial charge in [0, 0.05) is 48.3 Å². The Balaban J connectivity index is 1.12. The Morgan fingerprint density at radius 3 is 2.37 bits per heavy atom. The van der Waals surface area contributed by atoms with Gasteiger partial charge in [-0.1, -0.05) is 18.9 Å². The molecule has 1 aromatic heterocycles. The van der Waals surface area contributed by atoms with Crippen molar-refractivity contribution in [3.8, 4) is 5.75 Å². The molecule has 8 heteroatoms. The number of unbranched alkanes of at least 4 members (excludes halogenated alkanes) is 3. The first-order chi connectivity index (χ1) is 16.9. The van der Waals surface area contributed by atoms with Crippen molar-refractivity contribution in [1.82, 2.24) is 9.88 Å². The second-order valence-corrected chi connectivity index (χ2v) is 9.96. The number of alkyl halides is 3. The molecule has 0 saturated carbocycles. The minimum Gasteiger partial charge on any atom is -0.497 e. The zero-order valence-electron chi connectivity index (χ0n) is 20.1. The Bertz CT molecular complexity index is 1080. The van der Waals surface area contributed by atoms with E-state index in [0.29, 0.717) is 5.52 Å². The van der Waals surface area contributed by atoms with Crippen molar-refractivity contribution in [3.05, 3.63) is 60.3 Å². The second kappa shape index (κ2) is 12.0. The molecule has 0 atom stereocenters. The third-order valence-electron chi connectivity index (χ3n) is 6.47. The lowest BCUT2D eigenvalue weighted by Gasteiger charge is -2.36. The summed E-state index contributed by atoms with van der Waals surface area (Å²) in [4.78, 5) is 10.1. The average molecular weight is 504 g/mol. The van der Waals surface area contributed by atoms with Gasteiger partial charge in [-0.3, -0.25) is 9.88 Å². The van der Waals surface area contributed by atoms with Crippen LogP contribution in [0.2, 0.25) is 0 Å². The van der Waals surface area contributed by atoms with Crippen LogP contribution >= 0.6 is 11.8 Å². The maximum Gasteiger partial charge on any atom is 0.416 e. The van der Waals surface area contributed by atoms with Gasteiger partial charge < -0.3 is 9.64 Å². The fourth-order valence-corrected chi connectivity index (χ4v) is 5.47. The minimum atomic E-state index is -4.34. The number of benzene rings is 2. The Morgan fingerprint density at radius 1 is 0.914 bits per heavy atom. The number of anilines is 1. The summed E-state index contributed by atoms with van der Waals surface area (Å²) >= 11 is 1.70. The Hall–Kier alpha value is -2.45. The molecule has 188 valence electrons. The van der Waals surface area contributed by atoms with E-state index in [4.69, 9.17) is 4.74 Å². The van der Waals surface area contributed by atoms with Crippen molar-refractivity contribution in [1.29, 1.82) is 0 Å². The van der Waals surface area contributed by atoms with E-state index in [-0.39, 0.29) is 0 Å². The first kappa shape index (κ1) is 25.6. The number of aromatic nitrogens is 1. The molecule has 4 nitrogen and oxygen atoms in total. The predicted octanol–water partition coefficient (Wildman–Crippen LogP) is 6.74. The highest BCUT2D eigenvalue weighted by atomic mass is 32.2. The highest BCUT2D eigenvalue weighted by Gasteiger charge is 2.30. The summed E-state index contributed by atoms with van der Waals surface area (Å²) in [5.74, 6) is 1.85. The number of halogens is 3. The topological polar surface area (TPSA) is 28.6 Å². The van der Waals surface area contributed by atoms with Gasteiger partial charge in [0.05, 0.1) is 18.2 Å². The maximum absolute atomic E-state index is 13.0. The van der Waals surface area contributed by atoms with Crippen LogP contribution in [0.1, 0.15) is 31.2 Å². The number of piperazine rings is 1. The zero-order valence-corrected chi connectivity index (χ0v) is 20.9. The third kappa shape index (κ3) is 7.04. The summed E-state index contributed by atoms with van der Waals surface area (Å²) in [6.07, 6.45) is 1.92. The smallest absolute Gasteiger partial charge is 0.416 e. The number of ether oxygens (including phenoxy) is 1. The molecule has 4 rings (SSSR count). The van der Waals surface area contributed by atoms with Gasteiger partial charge in [-0.25, -0.2) is 0 Å². The molecule has 0 N–H and O–H groups in total. The number of pyridine rings is 1. The van der Waals surface area contributed by atoms with E-state index in [0.717, 1.165) is 73.1 Å². The van der Waals surface area contributed by atoms with Gasteiger partial charge in [-0.15, -0.1) is 11.8 Å². The molecule has 0 aliphatic carbocycles. The van der Waals surface area contributed by atoms with E-state index in [1.54, 1.807) is 31.1 Å². The predicted molar refractivity (Wildman–Crippen MR) is 138 cm³/mol. The molecule has 1 aliphatic rings. The number of nitrogens with zero attached hydrogens (tertiary/aromatic N) is 3. The highest BCUT2D eigenvalue weighted by molar-refractivity contribution is 7.99. The number of hydrogen-bond acceptors (Lipinski definition) is 5. The van der Waals surface area contributed by atoms with Crippen LogP contribution in [0, 0.1) is 0 Å². The van der Waals surface area contributed by atoms with Crippen molar-refractivity contribution in [2.24, 2.45) is 0 Å². The van der Waals surface area contributed by atoms with E-state index in [2.05, 4.69) is 26.9 Å². The van der Waals surface area contributed by atoms with Crippen LogP contribution in [0.4, 0.5) is 18.9 Å². The summed E-state index contributed by atoms with van der Waals surface area (Å²) in [6.45, 7) is 5.42. The fourth-order valence-electron chi connectivity index (χ4n) is 4.42. The second-order valence-electron chi connectivity index (χ2n) is 8.83. The monoisotopic (exact) mass is 503 g/mol. The van der Waals surface area contributed by atoms with Crippen LogP contribution < -0.4 is 9.64 Å². The molecular formula is C27H32F3N3OS. The van der Waals surface area contributed by atoms with Gasteiger partial charge >= 0.3 is 6.18 Å². The van der Waals surface area contributed by atoms with E-state index in [1.807, 2.05) is 18.2 Å². The van der Waals surface area contributed by atoms with Gasteiger partial charge in [0.15, 0.2) is 0 Å². The molecule has 0 radical (unpaired) electrons. The first-order valence-electron chi connectivity index (χ1n) is 12.1. The lowest BCUT2D eigenvalue weighted by Crippen LogP contribution is -2.46. The third-order valence-corrected chi connectivity index (χ3v) is 7.63. The summed E-state index contributed by atoms with van der Waals surface area (Å²) in [6, 6.07) is 14.0. The van der Waals surface area contributed by atoms with Gasteiger partial charge in [0.25, 0.3) is 0 Å². The molecule has 0 unspecified atom stereocenters. The summed E-state index contributed by atoms with van der Waals surface area (Å²) in [7, 11) is 1.69. The molecule has 0 amide bonds. The Labute approximate surface area is 209 Å². The molecule has 0 spiro atoms. The van der Waals surface area contributed by atoms with Crippen molar-refractivity contribution in [3.63, 3.8) is 0 Å². The molecule has 35 heavy (non-hydrogen) atoms. The van der Waals surface area contributed by atoms with E-state index >= 15 is 0 Å². The van der Waals surface area contributed by atoms with Crippen LogP contribution in [0.5, 0.6) is 5.75 Å². The van der Waals surface area contributed by atoms with Crippen molar-refractivity contribution >= 4 is 28.4 Å². The molecule has 2 heterocycles. The van der Waals surface area contributed by atoms with Gasteiger partial charge in [0.1, 0.15) is 5.75 Å². The van der Waals surface area contributed by atoms with E-state index in [9.17, 15) is 13.2 Å². The fraction of sp³-hybridized carbons (Fsp3) is 0.444. The molecule has 1 saturated heterocycles. The zero-order chi connectivity index (χ0) is 24.7. The normalized spacial score (nSPS) is 15.0. The van der Waals surface area contributed by atoms with Gasteiger partial charge in [0.2, 0.25) is 0 Å². The lowest BCUT2D eigenvalue weighted by atomic mass is 10.1. The molecule has 0 bridgehead atoms. The minimum absolute atomic E-state index is 0.400. The molecule has 1 aliphatic heterocycles. The molecule has 1 fully saturated rings. The summed E-state index contributed by atoms with van der Waals surface area (Å²) < 4.78 is 44.1. The number of hydrogen-bond donors (Lipinski definition) is 0. The number of fused-ring (bicyclic) bond motifs is 1. The Morgan fingerprint density at radius 2 is 1.66 bits per heavy atom. The standard InChI is InChI=1S/C27H32F3N3OS/c1-34-23-9-7-22(8-10-23)33-17-15-32(16-18-33)14-4-2-3-5-19-35-26-12-13-31-25-20-21(27(28,29)30)6-11-24(25)26/h6-13,20H,2-5,14-19H2,1H3. The molecule has 3 aromatic rings. The first-order valence-corrected chi connectivity index (χ1v) is 13.1. The number of methoxy groups -OCH3 is 1.